The minimum absolute atomic E-state index is 0.0237. The molecule has 1 aromatic carbocycles. The molecule has 2 aromatic heterocycles. The Labute approximate surface area is 175 Å². The van der Waals surface area contributed by atoms with E-state index in [1.165, 1.54) is 0 Å². The standard InChI is InChI=1S/C23H26N4O3/c1-14(2)20(26-19(28)13-17-10-6-5-9-15(17)3)23-27-21(16(4)30-23)22(29)25-18-11-7-8-12-24-18/h5-12,14,20H,13H2,1-4H3,(H,26,28)(H,24,25,29)/t20-/m1/s1. The molecule has 2 N–H and O–H groups in total. The van der Waals surface area contributed by atoms with Gasteiger partial charge < -0.3 is 15.1 Å². The normalized spacial score (nSPS) is 11.9. The monoisotopic (exact) mass is 406 g/mol. The van der Waals surface area contributed by atoms with Crippen LogP contribution in [-0.2, 0) is 11.2 Å². The fourth-order valence-corrected chi connectivity index (χ4v) is 3.09. The smallest absolute Gasteiger partial charge is 0.279 e. The van der Waals surface area contributed by atoms with E-state index in [4.69, 9.17) is 4.42 Å². The Hall–Kier alpha value is -3.48. The number of aryl methyl sites for hydroxylation is 2. The summed E-state index contributed by atoms with van der Waals surface area (Å²) in [6.45, 7) is 7.58. The van der Waals surface area contributed by atoms with Crippen LogP contribution in [0.1, 0.15) is 53.2 Å². The highest BCUT2D eigenvalue weighted by Gasteiger charge is 2.27. The summed E-state index contributed by atoms with van der Waals surface area (Å²) in [6.07, 6.45) is 1.86. The topological polar surface area (TPSA) is 97.1 Å². The summed E-state index contributed by atoms with van der Waals surface area (Å²) in [6, 6.07) is 12.6. The molecule has 7 heteroatoms. The molecule has 0 radical (unpaired) electrons. The van der Waals surface area contributed by atoms with Crippen LogP contribution in [0, 0.1) is 19.8 Å². The van der Waals surface area contributed by atoms with E-state index in [2.05, 4.69) is 20.6 Å². The number of pyridine rings is 1. The highest BCUT2D eigenvalue weighted by molar-refractivity contribution is 6.03. The molecule has 0 saturated heterocycles. The number of nitrogens with one attached hydrogen (secondary N) is 2. The zero-order valence-corrected chi connectivity index (χ0v) is 17.6. The lowest BCUT2D eigenvalue weighted by molar-refractivity contribution is -0.121. The number of carbonyl (C=O) groups is 2. The maximum Gasteiger partial charge on any atom is 0.279 e. The van der Waals surface area contributed by atoms with E-state index < -0.39 is 11.9 Å². The first kappa shape index (κ1) is 21.2. The van der Waals surface area contributed by atoms with Crippen molar-refractivity contribution in [3.63, 3.8) is 0 Å². The molecule has 0 fully saturated rings. The van der Waals surface area contributed by atoms with Crippen molar-refractivity contribution in [1.82, 2.24) is 15.3 Å². The van der Waals surface area contributed by atoms with Gasteiger partial charge in [-0.25, -0.2) is 9.97 Å². The van der Waals surface area contributed by atoms with Gasteiger partial charge in [0.05, 0.1) is 6.42 Å². The molecule has 30 heavy (non-hydrogen) atoms. The van der Waals surface area contributed by atoms with E-state index in [9.17, 15) is 9.59 Å². The van der Waals surface area contributed by atoms with E-state index in [0.29, 0.717) is 17.5 Å². The molecule has 3 aromatic rings. The van der Waals surface area contributed by atoms with Gasteiger partial charge in [-0.05, 0) is 43.0 Å². The number of hydrogen-bond donors (Lipinski definition) is 2. The maximum absolute atomic E-state index is 12.7. The third-order valence-corrected chi connectivity index (χ3v) is 4.80. The van der Waals surface area contributed by atoms with E-state index in [-0.39, 0.29) is 23.9 Å². The molecule has 0 spiro atoms. The number of anilines is 1. The van der Waals surface area contributed by atoms with E-state index >= 15 is 0 Å². The highest BCUT2D eigenvalue weighted by Crippen LogP contribution is 2.24. The molecule has 3 rings (SSSR count). The number of nitrogens with zero attached hydrogens (tertiary/aromatic N) is 2. The summed E-state index contributed by atoms with van der Waals surface area (Å²) < 4.78 is 5.76. The minimum Gasteiger partial charge on any atom is -0.443 e. The Balaban J connectivity index is 1.75. The second-order valence-corrected chi connectivity index (χ2v) is 7.52. The average molecular weight is 406 g/mol. The largest absolute Gasteiger partial charge is 0.443 e. The van der Waals surface area contributed by atoms with Crippen LogP contribution in [0.4, 0.5) is 5.82 Å². The third-order valence-electron chi connectivity index (χ3n) is 4.80. The van der Waals surface area contributed by atoms with Crippen molar-refractivity contribution < 1.29 is 14.0 Å². The Morgan fingerprint density at radius 3 is 2.47 bits per heavy atom. The summed E-state index contributed by atoms with van der Waals surface area (Å²) in [5, 5.41) is 5.70. The molecule has 0 aliphatic carbocycles. The van der Waals surface area contributed by atoms with Crippen LogP contribution in [0.2, 0.25) is 0 Å². The summed E-state index contributed by atoms with van der Waals surface area (Å²) >= 11 is 0. The van der Waals surface area contributed by atoms with Crippen molar-refractivity contribution in [2.24, 2.45) is 5.92 Å². The Kier molecular flexibility index (Phi) is 6.61. The van der Waals surface area contributed by atoms with Crippen LogP contribution in [0.15, 0.2) is 53.1 Å². The zero-order chi connectivity index (χ0) is 21.7. The van der Waals surface area contributed by atoms with E-state index in [0.717, 1.165) is 11.1 Å². The molecule has 0 unspecified atom stereocenters. The number of benzene rings is 1. The van der Waals surface area contributed by atoms with Crippen LogP contribution < -0.4 is 10.6 Å². The van der Waals surface area contributed by atoms with E-state index in [1.54, 1.807) is 31.3 Å². The summed E-state index contributed by atoms with van der Waals surface area (Å²) in [7, 11) is 0. The highest BCUT2D eigenvalue weighted by atomic mass is 16.4. The first-order valence-corrected chi connectivity index (χ1v) is 9.88. The molecule has 7 nitrogen and oxygen atoms in total. The quantitative estimate of drug-likeness (QED) is 0.618. The number of carbonyl (C=O) groups excluding carboxylic acids is 2. The lowest BCUT2D eigenvalue weighted by Gasteiger charge is -2.19. The van der Waals surface area contributed by atoms with Gasteiger partial charge in [0.15, 0.2) is 5.69 Å². The van der Waals surface area contributed by atoms with Crippen LogP contribution in [0.3, 0.4) is 0 Å². The number of amides is 2. The number of hydrogen-bond acceptors (Lipinski definition) is 5. The molecule has 2 amide bonds. The lowest BCUT2D eigenvalue weighted by atomic mass is 10.0. The summed E-state index contributed by atoms with van der Waals surface area (Å²) in [5.74, 6) is 0.617. The molecule has 0 saturated carbocycles. The summed E-state index contributed by atoms with van der Waals surface area (Å²) in [4.78, 5) is 33.7. The predicted molar refractivity (Wildman–Crippen MR) is 114 cm³/mol. The number of oxazole rings is 1. The first-order chi connectivity index (χ1) is 14.3. The van der Waals surface area contributed by atoms with Gasteiger partial charge in [0.1, 0.15) is 17.6 Å². The van der Waals surface area contributed by atoms with Crippen LogP contribution in [0.5, 0.6) is 0 Å². The number of aromatic nitrogens is 2. The Morgan fingerprint density at radius 2 is 1.80 bits per heavy atom. The van der Waals surface area contributed by atoms with Gasteiger partial charge in [0, 0.05) is 6.20 Å². The number of rotatable bonds is 7. The van der Waals surface area contributed by atoms with Crippen LogP contribution in [0.25, 0.3) is 0 Å². The zero-order valence-electron chi connectivity index (χ0n) is 17.6. The SMILES string of the molecule is Cc1ccccc1CC(=O)N[C@@H](c1nc(C(=O)Nc2ccccn2)c(C)o1)C(C)C. The molecule has 156 valence electrons. The van der Waals surface area contributed by atoms with E-state index in [1.807, 2.05) is 45.0 Å². The molecule has 0 bridgehead atoms. The van der Waals surface area contributed by atoms with Gasteiger partial charge in [0.25, 0.3) is 5.91 Å². The van der Waals surface area contributed by atoms with Gasteiger partial charge >= 0.3 is 0 Å². The van der Waals surface area contributed by atoms with Crippen molar-refractivity contribution in [3.8, 4) is 0 Å². The van der Waals surface area contributed by atoms with Gasteiger partial charge in [-0.2, -0.15) is 0 Å². The van der Waals surface area contributed by atoms with Crippen molar-refractivity contribution in [2.45, 2.75) is 40.2 Å². The third kappa shape index (κ3) is 5.11. The van der Waals surface area contributed by atoms with Gasteiger partial charge in [-0.15, -0.1) is 0 Å². The molecule has 2 heterocycles. The molecule has 0 aliphatic rings. The van der Waals surface area contributed by atoms with Crippen LogP contribution in [-0.4, -0.2) is 21.8 Å². The molecular formula is C23H26N4O3. The van der Waals surface area contributed by atoms with Crippen molar-refractivity contribution >= 4 is 17.6 Å². The second-order valence-electron chi connectivity index (χ2n) is 7.52. The second kappa shape index (κ2) is 9.35. The average Bonchev–Trinajstić information content (AvgIpc) is 3.10. The van der Waals surface area contributed by atoms with Gasteiger partial charge in [0.2, 0.25) is 11.8 Å². The Morgan fingerprint density at radius 1 is 1.07 bits per heavy atom. The van der Waals surface area contributed by atoms with Gasteiger partial charge in [-0.1, -0.05) is 44.2 Å². The fraction of sp³-hybridized carbons (Fsp3) is 0.304. The lowest BCUT2D eigenvalue weighted by Crippen LogP contribution is -2.33. The van der Waals surface area contributed by atoms with Gasteiger partial charge in [-0.3, -0.25) is 9.59 Å². The van der Waals surface area contributed by atoms with Crippen LogP contribution >= 0.6 is 0 Å². The minimum atomic E-state index is -0.448. The molecular weight excluding hydrogens is 380 g/mol. The predicted octanol–water partition coefficient (Wildman–Crippen LogP) is 3.99. The first-order valence-electron chi connectivity index (χ1n) is 9.88. The molecule has 1 atom stereocenters. The molecule has 0 aliphatic heterocycles. The Bertz CT molecular complexity index is 1030. The van der Waals surface area contributed by atoms with Crippen molar-refractivity contribution in [2.75, 3.05) is 5.32 Å². The maximum atomic E-state index is 12.7. The van der Waals surface area contributed by atoms with Crippen molar-refractivity contribution in [1.29, 1.82) is 0 Å². The summed E-state index contributed by atoms with van der Waals surface area (Å²) in [5.41, 5.74) is 2.21. The van der Waals surface area contributed by atoms with Crippen molar-refractivity contribution in [3.05, 3.63) is 77.1 Å². The fourth-order valence-electron chi connectivity index (χ4n) is 3.09.